The Hall–Kier alpha value is -1.10. The quantitative estimate of drug-likeness (QED) is 0.793. The van der Waals surface area contributed by atoms with Gasteiger partial charge in [0.2, 0.25) is 0 Å². The summed E-state index contributed by atoms with van der Waals surface area (Å²) in [6, 6.07) is 4.80. The van der Waals surface area contributed by atoms with E-state index in [9.17, 15) is 9.18 Å². The molecular formula is C14H17BrFNO2. The Kier molecular flexibility index (Phi) is 4.13. The minimum absolute atomic E-state index is 0.194. The van der Waals surface area contributed by atoms with Crippen molar-refractivity contribution in [2.45, 2.75) is 19.3 Å². The third-order valence-corrected chi connectivity index (χ3v) is 4.28. The molecule has 0 radical (unpaired) electrons. The Labute approximate surface area is 120 Å². The van der Waals surface area contributed by atoms with Crippen LogP contribution in [0, 0.1) is 11.2 Å². The van der Waals surface area contributed by atoms with Crippen LogP contribution in [0.5, 0.6) is 0 Å². The molecule has 1 aromatic rings. The summed E-state index contributed by atoms with van der Waals surface area (Å²) in [6.45, 7) is 0.479. The molecule has 1 aliphatic carbocycles. The summed E-state index contributed by atoms with van der Waals surface area (Å²) in [7, 11) is 3.20. The first-order chi connectivity index (χ1) is 8.98. The molecule has 0 N–H and O–H groups in total. The lowest BCUT2D eigenvalue weighted by Crippen LogP contribution is -2.47. The van der Waals surface area contributed by atoms with Crippen LogP contribution in [-0.4, -0.2) is 26.7 Å². The van der Waals surface area contributed by atoms with E-state index in [1.165, 1.54) is 13.2 Å². The number of esters is 1. The normalized spacial score (nSPS) is 16.6. The fraction of sp³-hybridized carbons (Fsp3) is 0.500. The van der Waals surface area contributed by atoms with Crippen molar-refractivity contribution in [1.29, 1.82) is 0 Å². The van der Waals surface area contributed by atoms with Crippen molar-refractivity contribution in [2.24, 2.45) is 5.41 Å². The maximum Gasteiger partial charge on any atom is 0.313 e. The summed E-state index contributed by atoms with van der Waals surface area (Å²) in [6.07, 6.45) is 2.63. The number of carbonyl (C=O) groups excluding carboxylic acids is 1. The van der Waals surface area contributed by atoms with Crippen LogP contribution in [0.3, 0.4) is 0 Å². The van der Waals surface area contributed by atoms with Crippen LogP contribution in [0.1, 0.15) is 19.3 Å². The van der Waals surface area contributed by atoms with Crippen LogP contribution in [0.25, 0.3) is 0 Å². The standard InChI is InChI=1S/C14H17BrFNO2/c1-17(12-8-10(15)4-5-11(12)16)9-14(6-3-7-14)13(18)19-2/h4-5,8H,3,6-7,9H2,1-2H3. The molecule has 0 amide bonds. The number of carbonyl (C=O) groups is 1. The lowest BCUT2D eigenvalue weighted by atomic mass is 9.68. The number of rotatable bonds is 4. The van der Waals surface area contributed by atoms with Gasteiger partial charge in [-0.15, -0.1) is 0 Å². The van der Waals surface area contributed by atoms with Crippen molar-refractivity contribution < 1.29 is 13.9 Å². The second kappa shape index (κ2) is 5.49. The first-order valence-corrected chi connectivity index (χ1v) is 7.02. The van der Waals surface area contributed by atoms with Gasteiger partial charge in [0, 0.05) is 18.1 Å². The van der Waals surface area contributed by atoms with E-state index in [0.29, 0.717) is 12.2 Å². The van der Waals surface area contributed by atoms with Crippen LogP contribution >= 0.6 is 15.9 Å². The molecule has 1 saturated carbocycles. The molecule has 0 heterocycles. The van der Waals surface area contributed by atoms with E-state index < -0.39 is 5.41 Å². The summed E-state index contributed by atoms with van der Waals surface area (Å²) >= 11 is 3.33. The highest BCUT2D eigenvalue weighted by Gasteiger charge is 2.46. The third kappa shape index (κ3) is 2.76. The molecule has 104 valence electrons. The highest BCUT2D eigenvalue weighted by molar-refractivity contribution is 9.10. The van der Waals surface area contributed by atoms with Crippen molar-refractivity contribution >= 4 is 27.6 Å². The minimum Gasteiger partial charge on any atom is -0.469 e. The molecule has 1 aromatic carbocycles. The molecule has 0 atom stereocenters. The van der Waals surface area contributed by atoms with Crippen molar-refractivity contribution in [2.75, 3.05) is 25.6 Å². The molecule has 3 nitrogen and oxygen atoms in total. The Morgan fingerprint density at radius 2 is 2.21 bits per heavy atom. The number of hydrogen-bond acceptors (Lipinski definition) is 3. The number of hydrogen-bond donors (Lipinski definition) is 0. The minimum atomic E-state index is -0.474. The van der Waals surface area contributed by atoms with Gasteiger partial charge in [-0.2, -0.15) is 0 Å². The fourth-order valence-corrected chi connectivity index (χ4v) is 2.91. The van der Waals surface area contributed by atoms with E-state index in [-0.39, 0.29) is 11.8 Å². The predicted molar refractivity (Wildman–Crippen MR) is 75.7 cm³/mol. The van der Waals surface area contributed by atoms with Crippen molar-refractivity contribution in [1.82, 2.24) is 0 Å². The van der Waals surface area contributed by atoms with Crippen LogP contribution in [0.2, 0.25) is 0 Å². The molecule has 19 heavy (non-hydrogen) atoms. The van der Waals surface area contributed by atoms with Crippen LogP contribution < -0.4 is 4.90 Å². The largest absolute Gasteiger partial charge is 0.469 e. The second-order valence-corrected chi connectivity index (χ2v) is 5.99. The molecule has 1 fully saturated rings. The van der Waals surface area contributed by atoms with Gasteiger partial charge in [-0.25, -0.2) is 4.39 Å². The maximum atomic E-state index is 13.8. The zero-order valence-electron chi connectivity index (χ0n) is 11.1. The number of halogens is 2. The zero-order chi connectivity index (χ0) is 14.0. The molecule has 0 bridgehead atoms. The molecule has 2 rings (SSSR count). The Bertz CT molecular complexity index is 488. The van der Waals surface area contributed by atoms with Gasteiger partial charge >= 0.3 is 5.97 Å². The molecule has 5 heteroatoms. The van der Waals surface area contributed by atoms with Gasteiger partial charge in [-0.3, -0.25) is 4.79 Å². The summed E-state index contributed by atoms with van der Waals surface area (Å²) in [5.41, 5.74) is 0.0164. The average Bonchev–Trinajstić information content (AvgIpc) is 2.35. The summed E-state index contributed by atoms with van der Waals surface area (Å²) in [5.74, 6) is -0.481. The van der Waals surface area contributed by atoms with Crippen LogP contribution in [0.15, 0.2) is 22.7 Å². The van der Waals surface area contributed by atoms with Crippen molar-refractivity contribution in [3.05, 3.63) is 28.5 Å². The fourth-order valence-electron chi connectivity index (χ4n) is 2.56. The molecule has 0 aliphatic heterocycles. The molecular weight excluding hydrogens is 313 g/mol. The predicted octanol–water partition coefficient (Wildman–Crippen LogP) is 3.37. The van der Waals surface area contributed by atoms with Crippen molar-refractivity contribution in [3.63, 3.8) is 0 Å². The number of ether oxygens (including phenoxy) is 1. The Balaban J connectivity index is 2.18. The van der Waals surface area contributed by atoms with Gasteiger partial charge in [0.05, 0.1) is 18.2 Å². The number of nitrogens with zero attached hydrogens (tertiary/aromatic N) is 1. The van der Waals surface area contributed by atoms with Gasteiger partial charge in [0.1, 0.15) is 5.82 Å². The van der Waals surface area contributed by atoms with E-state index in [4.69, 9.17) is 4.74 Å². The van der Waals surface area contributed by atoms with E-state index in [2.05, 4.69) is 15.9 Å². The first kappa shape index (κ1) is 14.3. The smallest absolute Gasteiger partial charge is 0.313 e. The van der Waals surface area contributed by atoms with Gasteiger partial charge < -0.3 is 9.64 Å². The monoisotopic (exact) mass is 329 g/mol. The summed E-state index contributed by atoms with van der Waals surface area (Å²) in [5, 5.41) is 0. The van der Waals surface area contributed by atoms with Crippen molar-refractivity contribution in [3.8, 4) is 0 Å². The van der Waals surface area contributed by atoms with E-state index >= 15 is 0 Å². The number of anilines is 1. The summed E-state index contributed by atoms with van der Waals surface area (Å²) < 4.78 is 19.5. The summed E-state index contributed by atoms with van der Waals surface area (Å²) in [4.78, 5) is 13.7. The van der Waals surface area contributed by atoms with Gasteiger partial charge in [0.25, 0.3) is 0 Å². The third-order valence-electron chi connectivity index (χ3n) is 3.79. The average molecular weight is 330 g/mol. The van der Waals surface area contributed by atoms with E-state index in [0.717, 1.165) is 23.7 Å². The number of methoxy groups -OCH3 is 1. The zero-order valence-corrected chi connectivity index (χ0v) is 12.7. The second-order valence-electron chi connectivity index (χ2n) is 5.08. The molecule has 0 spiro atoms. The lowest BCUT2D eigenvalue weighted by Gasteiger charge is -2.42. The molecule has 1 aliphatic rings. The van der Waals surface area contributed by atoms with Crippen LogP contribution in [0.4, 0.5) is 10.1 Å². The van der Waals surface area contributed by atoms with Gasteiger partial charge in [-0.05, 0) is 31.0 Å². The highest BCUT2D eigenvalue weighted by atomic mass is 79.9. The van der Waals surface area contributed by atoms with Gasteiger partial charge in [0.15, 0.2) is 0 Å². The topological polar surface area (TPSA) is 29.5 Å². The van der Waals surface area contributed by atoms with E-state index in [1.807, 2.05) is 0 Å². The number of benzene rings is 1. The van der Waals surface area contributed by atoms with E-state index in [1.54, 1.807) is 24.1 Å². The maximum absolute atomic E-state index is 13.8. The van der Waals surface area contributed by atoms with Crippen LogP contribution in [-0.2, 0) is 9.53 Å². The molecule has 0 unspecified atom stereocenters. The SMILES string of the molecule is COC(=O)C1(CN(C)c2cc(Br)ccc2F)CCC1. The highest BCUT2D eigenvalue weighted by Crippen LogP contribution is 2.43. The first-order valence-electron chi connectivity index (χ1n) is 6.23. The Morgan fingerprint density at radius 1 is 1.53 bits per heavy atom. The Morgan fingerprint density at radius 3 is 2.74 bits per heavy atom. The molecule has 0 aromatic heterocycles. The lowest BCUT2D eigenvalue weighted by molar-refractivity contribution is -0.157. The molecule has 0 saturated heterocycles. The van der Waals surface area contributed by atoms with Gasteiger partial charge in [-0.1, -0.05) is 22.4 Å².